The quantitative estimate of drug-likeness (QED) is 0.0672. The van der Waals surface area contributed by atoms with Gasteiger partial charge in [-0.1, -0.05) is 110 Å². The van der Waals surface area contributed by atoms with E-state index in [2.05, 4.69) is 96.3 Å². The van der Waals surface area contributed by atoms with Gasteiger partial charge in [-0.3, -0.25) is 9.59 Å². The predicted molar refractivity (Wildman–Crippen MR) is 217 cm³/mol. The largest absolute Gasteiger partial charge is 0.502 e. The van der Waals surface area contributed by atoms with Crippen molar-refractivity contribution in [2.45, 2.75) is 38.5 Å². The van der Waals surface area contributed by atoms with Gasteiger partial charge in [-0.2, -0.15) is 0 Å². The Labute approximate surface area is 305 Å². The molecule has 1 heterocycles. The topological polar surface area (TPSA) is 79.5 Å². The SMILES string of the molecule is O=C(NCCCCCCCC[P+](c1ccccc1)(c1ccccc1)c1ccccc1)c1ccc(-c2oc3cc4ccccc4cc3c(=O)c2O)cc1. The highest BCUT2D eigenvalue weighted by Crippen LogP contribution is 2.56. The van der Waals surface area contributed by atoms with Crippen LogP contribution in [0, 0.1) is 0 Å². The smallest absolute Gasteiger partial charge is 0.251 e. The summed E-state index contributed by atoms with van der Waals surface area (Å²) in [5.74, 6) is -0.498. The number of carbonyl (C=O) groups excluding carboxylic acids is 1. The summed E-state index contributed by atoms with van der Waals surface area (Å²) in [6.45, 7) is 0.611. The average molecular weight is 705 g/mol. The van der Waals surface area contributed by atoms with Crippen LogP contribution in [0.1, 0.15) is 48.9 Å². The number of hydrogen-bond donors (Lipinski definition) is 2. The minimum Gasteiger partial charge on any atom is -0.502 e. The summed E-state index contributed by atoms with van der Waals surface area (Å²) in [5, 5.41) is 20.2. The van der Waals surface area contributed by atoms with Gasteiger partial charge in [0.15, 0.2) is 5.76 Å². The lowest BCUT2D eigenvalue weighted by molar-refractivity contribution is 0.0953. The molecule has 0 fully saturated rings. The Kier molecular flexibility index (Phi) is 10.9. The molecule has 6 aromatic carbocycles. The van der Waals surface area contributed by atoms with Gasteiger partial charge < -0.3 is 14.8 Å². The second-order valence-electron chi connectivity index (χ2n) is 13.3. The van der Waals surface area contributed by atoms with Crippen molar-refractivity contribution in [1.29, 1.82) is 0 Å². The molecule has 260 valence electrons. The molecule has 0 unspecified atom stereocenters. The maximum Gasteiger partial charge on any atom is 0.251 e. The highest BCUT2D eigenvalue weighted by Gasteiger charge is 2.44. The zero-order valence-corrected chi connectivity index (χ0v) is 30.1. The lowest BCUT2D eigenvalue weighted by atomic mass is 10.0. The summed E-state index contributed by atoms with van der Waals surface area (Å²) in [6.07, 6.45) is 7.77. The number of fused-ring (bicyclic) bond motifs is 2. The Morgan fingerprint density at radius 2 is 1.10 bits per heavy atom. The van der Waals surface area contributed by atoms with Gasteiger partial charge in [0.2, 0.25) is 11.2 Å². The molecule has 0 bridgehead atoms. The molecule has 0 aliphatic carbocycles. The van der Waals surface area contributed by atoms with Gasteiger partial charge in [0.25, 0.3) is 5.91 Å². The number of hydrogen-bond acceptors (Lipinski definition) is 4. The number of amides is 1. The van der Waals surface area contributed by atoms with Gasteiger partial charge in [-0.15, -0.1) is 0 Å². The minimum atomic E-state index is -1.78. The molecule has 0 atom stereocenters. The Bertz CT molecular complexity index is 2230. The lowest BCUT2D eigenvalue weighted by Crippen LogP contribution is -2.33. The van der Waals surface area contributed by atoms with E-state index < -0.39 is 18.4 Å². The number of benzene rings is 6. The first-order valence-corrected chi connectivity index (χ1v) is 20.1. The van der Waals surface area contributed by atoms with E-state index in [-0.39, 0.29) is 11.7 Å². The van der Waals surface area contributed by atoms with Gasteiger partial charge >= 0.3 is 0 Å². The molecule has 1 aromatic heterocycles. The highest BCUT2D eigenvalue weighted by atomic mass is 31.2. The van der Waals surface area contributed by atoms with E-state index >= 15 is 0 Å². The first-order valence-electron chi connectivity index (χ1n) is 18.2. The molecule has 7 aromatic rings. The lowest BCUT2D eigenvalue weighted by Gasteiger charge is -2.27. The third-order valence-electron chi connectivity index (χ3n) is 9.94. The number of unbranched alkanes of at least 4 members (excludes halogenated alkanes) is 5. The van der Waals surface area contributed by atoms with Crippen molar-refractivity contribution in [3.05, 3.63) is 167 Å². The van der Waals surface area contributed by atoms with Crippen LogP contribution in [0.2, 0.25) is 0 Å². The van der Waals surface area contributed by atoms with Crippen molar-refractivity contribution in [3.63, 3.8) is 0 Å². The Hall–Kier alpha value is -5.51. The predicted octanol–water partition coefficient (Wildman–Crippen LogP) is 9.38. The molecule has 0 aliphatic rings. The van der Waals surface area contributed by atoms with E-state index in [0.717, 1.165) is 42.6 Å². The molecular weight excluding hydrogens is 661 g/mol. The fourth-order valence-electron chi connectivity index (χ4n) is 7.21. The minimum absolute atomic E-state index is 0.0903. The van der Waals surface area contributed by atoms with Crippen molar-refractivity contribution in [2.75, 3.05) is 12.7 Å². The van der Waals surface area contributed by atoms with Gasteiger partial charge in [-0.25, -0.2) is 0 Å². The van der Waals surface area contributed by atoms with Crippen LogP contribution < -0.4 is 26.7 Å². The van der Waals surface area contributed by atoms with Gasteiger partial charge in [0.1, 0.15) is 28.8 Å². The van der Waals surface area contributed by atoms with E-state index in [1.54, 1.807) is 30.3 Å². The number of carbonyl (C=O) groups is 1. The van der Waals surface area contributed by atoms with Crippen LogP contribution in [-0.4, -0.2) is 23.7 Å². The van der Waals surface area contributed by atoms with Crippen molar-refractivity contribution in [3.8, 4) is 17.1 Å². The maximum absolute atomic E-state index is 13.0. The summed E-state index contributed by atoms with van der Waals surface area (Å²) >= 11 is 0. The standard InChI is InChI=1S/C46H42NO4P/c48-43-41-32-36-18-14-15-19-37(36)33-42(41)51-45(44(43)49)34-26-28-35(29-27-34)46(50)47-30-16-3-1-2-4-17-31-52(38-20-8-5-9-21-38,39-22-10-6-11-23-39)40-24-12-7-13-25-40/h5-15,18-29,32-33H,1-4,16-17,30-31H2,(H-,47,49,50)/p+1. The molecule has 2 N–H and O–H groups in total. The van der Waals surface area contributed by atoms with Gasteiger partial charge in [-0.05, 0) is 90.7 Å². The van der Waals surface area contributed by atoms with Crippen LogP contribution in [0.25, 0.3) is 33.1 Å². The van der Waals surface area contributed by atoms with Crippen LogP contribution in [0.4, 0.5) is 0 Å². The summed E-state index contributed by atoms with van der Waals surface area (Å²) in [6, 6.07) is 51.2. The molecular formula is C46H43NO4P+. The third-order valence-corrected chi connectivity index (χ3v) is 14.5. The van der Waals surface area contributed by atoms with Crippen molar-refractivity contribution >= 4 is 50.8 Å². The molecule has 52 heavy (non-hydrogen) atoms. The molecule has 5 nitrogen and oxygen atoms in total. The molecule has 0 radical (unpaired) electrons. The second kappa shape index (κ2) is 16.2. The fourth-order valence-corrected chi connectivity index (χ4v) is 11.6. The molecule has 0 saturated heterocycles. The first-order chi connectivity index (χ1) is 25.5. The zero-order valence-electron chi connectivity index (χ0n) is 29.2. The van der Waals surface area contributed by atoms with E-state index in [1.165, 1.54) is 28.8 Å². The normalized spacial score (nSPS) is 11.5. The zero-order chi connectivity index (χ0) is 35.8. The Morgan fingerprint density at radius 3 is 1.67 bits per heavy atom. The van der Waals surface area contributed by atoms with Crippen molar-refractivity contribution in [2.24, 2.45) is 0 Å². The highest BCUT2D eigenvalue weighted by molar-refractivity contribution is 7.95. The van der Waals surface area contributed by atoms with Gasteiger partial charge in [0.05, 0.1) is 11.5 Å². The monoisotopic (exact) mass is 704 g/mol. The Morgan fingerprint density at radius 1 is 0.596 bits per heavy atom. The van der Waals surface area contributed by atoms with E-state index in [9.17, 15) is 14.7 Å². The average Bonchev–Trinajstić information content (AvgIpc) is 3.20. The third kappa shape index (κ3) is 7.42. The number of nitrogens with one attached hydrogen (secondary N) is 1. The van der Waals surface area contributed by atoms with Crippen LogP contribution in [0.15, 0.2) is 161 Å². The van der Waals surface area contributed by atoms with Crippen molar-refractivity contribution in [1.82, 2.24) is 5.32 Å². The molecule has 0 aliphatic heterocycles. The van der Waals surface area contributed by atoms with Crippen LogP contribution in [0.3, 0.4) is 0 Å². The Balaban J connectivity index is 0.901. The number of rotatable bonds is 14. The first kappa shape index (κ1) is 34.9. The van der Waals surface area contributed by atoms with E-state index in [0.29, 0.717) is 28.6 Å². The van der Waals surface area contributed by atoms with E-state index in [4.69, 9.17) is 4.42 Å². The molecule has 7 rings (SSSR count). The second-order valence-corrected chi connectivity index (χ2v) is 16.9. The van der Waals surface area contributed by atoms with E-state index in [1.807, 2.05) is 30.3 Å². The van der Waals surface area contributed by atoms with Crippen LogP contribution in [0.5, 0.6) is 5.75 Å². The van der Waals surface area contributed by atoms with Crippen LogP contribution >= 0.6 is 7.26 Å². The van der Waals surface area contributed by atoms with Gasteiger partial charge in [0, 0.05) is 17.7 Å². The molecule has 6 heteroatoms. The summed E-state index contributed by atoms with van der Waals surface area (Å²) in [4.78, 5) is 25.9. The van der Waals surface area contributed by atoms with Crippen LogP contribution in [-0.2, 0) is 0 Å². The summed E-state index contributed by atoms with van der Waals surface area (Å²) < 4.78 is 6.02. The summed E-state index contributed by atoms with van der Waals surface area (Å²) in [7, 11) is -1.78. The molecule has 0 saturated carbocycles. The summed E-state index contributed by atoms with van der Waals surface area (Å²) in [5.41, 5.74) is 0.959. The molecule has 0 spiro atoms. The van der Waals surface area contributed by atoms with Crippen molar-refractivity contribution < 1.29 is 14.3 Å². The fraction of sp³-hybridized carbons (Fsp3) is 0.174. The molecule has 1 amide bonds. The maximum atomic E-state index is 13.0. The number of aromatic hydroxyl groups is 1.